The highest BCUT2D eigenvalue weighted by Crippen LogP contribution is 2.34. The Labute approximate surface area is 113 Å². The van der Waals surface area contributed by atoms with Crippen LogP contribution in [0.5, 0.6) is 0 Å². The Morgan fingerprint density at radius 2 is 2.27 bits per heavy atom. The van der Waals surface area contributed by atoms with Crippen molar-refractivity contribution >= 4 is 67.2 Å². The van der Waals surface area contributed by atoms with Crippen LogP contribution in [0.15, 0.2) is 16.6 Å². The molecule has 0 saturated carbocycles. The van der Waals surface area contributed by atoms with Crippen LogP contribution >= 0.6 is 50.7 Å². The van der Waals surface area contributed by atoms with Crippen LogP contribution in [0.3, 0.4) is 0 Å². The number of rotatable bonds is 2. The van der Waals surface area contributed by atoms with Crippen molar-refractivity contribution < 1.29 is 4.92 Å². The van der Waals surface area contributed by atoms with E-state index in [4.69, 9.17) is 5.73 Å². The van der Waals surface area contributed by atoms with Gasteiger partial charge in [-0.15, -0.1) is 0 Å². The standard InChI is InChI=1S/C7H5BrIN3O2S/c8-3-1-2-4(11-7(10)15)6(5(3)9)12(13)14/h1-2H,(H3,10,11,15). The maximum absolute atomic E-state index is 10.8. The molecule has 1 rings (SSSR count). The summed E-state index contributed by atoms with van der Waals surface area (Å²) < 4.78 is 1.15. The number of hydrogen-bond acceptors (Lipinski definition) is 3. The maximum atomic E-state index is 10.8. The number of anilines is 1. The summed E-state index contributed by atoms with van der Waals surface area (Å²) in [6, 6.07) is 3.24. The van der Waals surface area contributed by atoms with Crippen molar-refractivity contribution in [2.24, 2.45) is 5.73 Å². The molecule has 0 aliphatic carbocycles. The van der Waals surface area contributed by atoms with E-state index in [1.807, 2.05) is 22.6 Å². The summed E-state index contributed by atoms with van der Waals surface area (Å²) >= 11 is 9.72. The summed E-state index contributed by atoms with van der Waals surface area (Å²) in [4.78, 5) is 10.4. The number of nitro benzene ring substituents is 1. The Bertz CT molecular complexity index is 440. The molecule has 0 saturated heterocycles. The van der Waals surface area contributed by atoms with Crippen molar-refractivity contribution in [2.75, 3.05) is 5.32 Å². The molecule has 0 radical (unpaired) electrons. The van der Waals surface area contributed by atoms with Crippen LogP contribution in [0, 0.1) is 13.7 Å². The minimum absolute atomic E-state index is 0.00350. The highest BCUT2D eigenvalue weighted by molar-refractivity contribution is 14.1. The van der Waals surface area contributed by atoms with Gasteiger partial charge in [0.25, 0.3) is 0 Å². The average molecular weight is 402 g/mol. The summed E-state index contributed by atoms with van der Waals surface area (Å²) in [6.45, 7) is 0. The number of nitrogens with one attached hydrogen (secondary N) is 1. The van der Waals surface area contributed by atoms with Crippen molar-refractivity contribution in [1.29, 1.82) is 0 Å². The molecule has 0 aliphatic heterocycles. The first-order chi connectivity index (χ1) is 6.93. The number of benzene rings is 1. The number of nitro groups is 1. The SMILES string of the molecule is NC(=S)Nc1ccc(Br)c(I)c1[N+](=O)[O-]. The predicted octanol–water partition coefficient (Wildman–Crippen LogP) is 2.62. The van der Waals surface area contributed by atoms with Crippen molar-refractivity contribution in [1.82, 2.24) is 0 Å². The van der Waals surface area contributed by atoms with Crippen LogP contribution in [0.2, 0.25) is 0 Å². The smallest absolute Gasteiger partial charge is 0.307 e. The third-order valence-electron chi connectivity index (χ3n) is 1.51. The molecule has 3 N–H and O–H groups in total. The quantitative estimate of drug-likeness (QED) is 0.344. The van der Waals surface area contributed by atoms with Gasteiger partial charge in [0.1, 0.15) is 9.26 Å². The molecule has 1 aromatic rings. The number of hydrogen-bond donors (Lipinski definition) is 2. The second kappa shape index (κ2) is 5.03. The van der Waals surface area contributed by atoms with Gasteiger partial charge >= 0.3 is 5.69 Å². The lowest BCUT2D eigenvalue weighted by atomic mass is 10.3. The first-order valence-electron chi connectivity index (χ1n) is 3.62. The normalized spacial score (nSPS) is 9.73. The molecule has 80 valence electrons. The summed E-state index contributed by atoms with van der Waals surface area (Å²) in [6.07, 6.45) is 0. The van der Waals surface area contributed by atoms with Crippen molar-refractivity contribution in [3.63, 3.8) is 0 Å². The molecule has 5 nitrogen and oxygen atoms in total. The minimum atomic E-state index is -0.479. The molecule has 1 aromatic carbocycles. The molecule has 0 aliphatic rings. The number of nitrogens with zero attached hydrogens (tertiary/aromatic N) is 1. The Morgan fingerprint density at radius 3 is 2.73 bits per heavy atom. The van der Waals surface area contributed by atoms with E-state index in [-0.39, 0.29) is 10.8 Å². The van der Waals surface area contributed by atoms with Gasteiger partial charge < -0.3 is 11.1 Å². The van der Waals surface area contributed by atoms with Gasteiger partial charge in [-0.05, 0) is 62.9 Å². The van der Waals surface area contributed by atoms with Crippen LogP contribution in [0.1, 0.15) is 0 Å². The minimum Gasteiger partial charge on any atom is -0.376 e. The maximum Gasteiger partial charge on any atom is 0.307 e. The van der Waals surface area contributed by atoms with Gasteiger partial charge in [0.05, 0.1) is 4.92 Å². The van der Waals surface area contributed by atoms with Gasteiger partial charge in [-0.25, -0.2) is 0 Å². The van der Waals surface area contributed by atoms with Crippen LogP contribution in [-0.2, 0) is 0 Å². The third-order valence-corrected chi connectivity index (χ3v) is 4.11. The molecule has 0 heterocycles. The molecular formula is C7H5BrIN3O2S. The van der Waals surface area contributed by atoms with E-state index in [9.17, 15) is 10.1 Å². The van der Waals surface area contributed by atoms with Crippen LogP contribution < -0.4 is 11.1 Å². The van der Waals surface area contributed by atoms with Crippen LogP contribution in [-0.4, -0.2) is 10.0 Å². The van der Waals surface area contributed by atoms with E-state index in [1.165, 1.54) is 0 Å². The Balaban J connectivity index is 3.33. The van der Waals surface area contributed by atoms with Gasteiger partial charge in [0.15, 0.2) is 5.11 Å². The fourth-order valence-electron chi connectivity index (χ4n) is 0.952. The fourth-order valence-corrected chi connectivity index (χ4v) is 2.05. The molecule has 0 spiro atoms. The lowest BCUT2D eigenvalue weighted by molar-refractivity contribution is -0.384. The first-order valence-corrected chi connectivity index (χ1v) is 5.90. The highest BCUT2D eigenvalue weighted by atomic mass is 127. The van der Waals surface area contributed by atoms with E-state index in [0.29, 0.717) is 13.7 Å². The molecule has 0 amide bonds. The van der Waals surface area contributed by atoms with E-state index in [2.05, 4.69) is 33.5 Å². The van der Waals surface area contributed by atoms with Crippen molar-refractivity contribution in [3.05, 3.63) is 30.3 Å². The Morgan fingerprint density at radius 1 is 1.67 bits per heavy atom. The fraction of sp³-hybridized carbons (Fsp3) is 0. The third kappa shape index (κ3) is 2.98. The molecular weight excluding hydrogens is 397 g/mol. The largest absolute Gasteiger partial charge is 0.376 e. The second-order valence-electron chi connectivity index (χ2n) is 2.50. The van der Waals surface area contributed by atoms with Crippen molar-refractivity contribution in [2.45, 2.75) is 0 Å². The van der Waals surface area contributed by atoms with Gasteiger partial charge in [-0.2, -0.15) is 0 Å². The zero-order valence-electron chi connectivity index (χ0n) is 7.16. The van der Waals surface area contributed by atoms with Crippen LogP contribution in [0.4, 0.5) is 11.4 Å². The van der Waals surface area contributed by atoms with Crippen LogP contribution in [0.25, 0.3) is 0 Å². The lowest BCUT2D eigenvalue weighted by Crippen LogP contribution is -2.19. The van der Waals surface area contributed by atoms with Gasteiger partial charge in [0.2, 0.25) is 0 Å². The zero-order chi connectivity index (χ0) is 11.6. The molecule has 15 heavy (non-hydrogen) atoms. The monoisotopic (exact) mass is 401 g/mol. The second-order valence-corrected chi connectivity index (χ2v) is 4.88. The number of thiocarbonyl (C=S) groups is 1. The van der Waals surface area contributed by atoms with E-state index in [1.54, 1.807) is 12.1 Å². The molecule has 0 aromatic heterocycles. The molecule has 0 bridgehead atoms. The molecule has 0 unspecified atom stereocenters. The van der Waals surface area contributed by atoms with Gasteiger partial charge in [-0.1, -0.05) is 0 Å². The number of nitrogens with two attached hydrogens (primary N) is 1. The molecule has 0 fully saturated rings. The van der Waals surface area contributed by atoms with E-state index < -0.39 is 4.92 Å². The topological polar surface area (TPSA) is 81.2 Å². The van der Waals surface area contributed by atoms with E-state index >= 15 is 0 Å². The molecule has 0 atom stereocenters. The summed E-state index contributed by atoms with van der Waals surface area (Å²) in [5.74, 6) is 0. The van der Waals surface area contributed by atoms with E-state index in [0.717, 1.165) is 0 Å². The average Bonchev–Trinajstić information content (AvgIpc) is 2.10. The molecule has 8 heteroatoms. The Hall–Kier alpha value is -0.480. The summed E-state index contributed by atoms with van der Waals surface area (Å²) in [5, 5.41) is 13.4. The summed E-state index contributed by atoms with van der Waals surface area (Å²) in [5.41, 5.74) is 5.51. The highest BCUT2D eigenvalue weighted by Gasteiger charge is 2.20. The summed E-state index contributed by atoms with van der Waals surface area (Å²) in [7, 11) is 0. The van der Waals surface area contributed by atoms with Gasteiger partial charge in [0, 0.05) is 4.47 Å². The Kier molecular flexibility index (Phi) is 4.22. The first kappa shape index (κ1) is 12.6. The lowest BCUT2D eigenvalue weighted by Gasteiger charge is -2.06. The zero-order valence-corrected chi connectivity index (χ0v) is 11.7. The van der Waals surface area contributed by atoms with Crippen molar-refractivity contribution in [3.8, 4) is 0 Å². The number of halogens is 2. The van der Waals surface area contributed by atoms with Gasteiger partial charge in [-0.3, -0.25) is 10.1 Å². The predicted molar refractivity (Wildman–Crippen MR) is 73.9 cm³/mol.